The van der Waals surface area contributed by atoms with Crippen molar-refractivity contribution in [1.82, 2.24) is 14.9 Å². The van der Waals surface area contributed by atoms with Crippen molar-refractivity contribution in [2.75, 3.05) is 12.0 Å². The zero-order valence-corrected chi connectivity index (χ0v) is 20.0. The summed E-state index contributed by atoms with van der Waals surface area (Å²) in [5.41, 5.74) is 5.45. The molecule has 0 spiro atoms. The lowest BCUT2D eigenvalue weighted by Crippen LogP contribution is -2.30. The number of halogens is 1. The Balaban J connectivity index is 1.69. The van der Waals surface area contributed by atoms with Crippen LogP contribution in [0.2, 0.25) is 0 Å². The maximum absolute atomic E-state index is 14.1. The molecule has 7 heteroatoms. The van der Waals surface area contributed by atoms with Crippen LogP contribution in [0.5, 0.6) is 5.75 Å². The third-order valence-electron chi connectivity index (χ3n) is 6.26. The van der Waals surface area contributed by atoms with Crippen LogP contribution in [0.15, 0.2) is 79.0 Å². The van der Waals surface area contributed by atoms with E-state index in [4.69, 9.17) is 17.0 Å². The van der Waals surface area contributed by atoms with Crippen molar-refractivity contribution in [1.29, 1.82) is 0 Å². The number of nitrogens with zero attached hydrogens (tertiary/aromatic N) is 3. The summed E-state index contributed by atoms with van der Waals surface area (Å²) in [5.74, 6) is 0.561. The lowest BCUT2D eigenvalue weighted by Gasteiger charge is -2.29. The van der Waals surface area contributed by atoms with Crippen molar-refractivity contribution < 1.29 is 9.13 Å². The Labute approximate surface area is 203 Å². The quantitative estimate of drug-likeness (QED) is 0.371. The molecule has 0 bridgehead atoms. The fourth-order valence-corrected chi connectivity index (χ4v) is 4.93. The Bertz CT molecular complexity index is 1340. The predicted octanol–water partition coefficient (Wildman–Crippen LogP) is 5.81. The molecule has 0 radical (unpaired) electrons. The van der Waals surface area contributed by atoms with Crippen LogP contribution in [0.1, 0.15) is 34.7 Å². The van der Waals surface area contributed by atoms with E-state index in [1.54, 1.807) is 26.3 Å². The van der Waals surface area contributed by atoms with Crippen molar-refractivity contribution in [2.24, 2.45) is 0 Å². The number of pyridine rings is 1. The monoisotopic (exact) mass is 472 g/mol. The largest absolute Gasteiger partial charge is 0.497 e. The second-order valence-electron chi connectivity index (χ2n) is 8.36. The number of rotatable bonds is 5. The number of nitrogens with one attached hydrogen (secondary N) is 1. The van der Waals surface area contributed by atoms with E-state index in [1.165, 1.54) is 6.07 Å². The summed E-state index contributed by atoms with van der Waals surface area (Å²) in [6.45, 7) is 3.84. The fourth-order valence-electron chi connectivity index (χ4n) is 4.59. The first kappa shape index (κ1) is 22.1. The third kappa shape index (κ3) is 3.82. The van der Waals surface area contributed by atoms with E-state index < -0.39 is 0 Å². The fraction of sp³-hybridized carbons (Fsp3) is 0.185. The third-order valence-corrected chi connectivity index (χ3v) is 6.57. The molecule has 0 saturated carbocycles. The number of methoxy groups -OCH3 is 1. The van der Waals surface area contributed by atoms with E-state index in [1.807, 2.05) is 48.5 Å². The molecule has 5 nitrogen and oxygen atoms in total. The van der Waals surface area contributed by atoms with Gasteiger partial charge in [0.25, 0.3) is 0 Å². The summed E-state index contributed by atoms with van der Waals surface area (Å²) in [7, 11) is 1.66. The summed E-state index contributed by atoms with van der Waals surface area (Å²) in [5, 5.41) is 4.05. The van der Waals surface area contributed by atoms with Crippen LogP contribution < -0.4 is 15.0 Å². The van der Waals surface area contributed by atoms with E-state index in [9.17, 15) is 4.39 Å². The number of hydrogen-bond acceptors (Lipinski definition) is 3. The Kier molecular flexibility index (Phi) is 5.79. The van der Waals surface area contributed by atoms with E-state index in [0.29, 0.717) is 10.7 Å². The van der Waals surface area contributed by atoms with E-state index in [0.717, 1.165) is 34.2 Å². The minimum Gasteiger partial charge on any atom is -0.497 e. The number of aryl methyl sites for hydroxylation is 2. The molecule has 5 rings (SSSR count). The van der Waals surface area contributed by atoms with Crippen molar-refractivity contribution >= 4 is 23.0 Å². The highest BCUT2D eigenvalue weighted by Gasteiger charge is 2.42. The molecule has 1 aliphatic heterocycles. The topological polar surface area (TPSA) is 42.3 Å². The molecule has 3 heterocycles. The van der Waals surface area contributed by atoms with Gasteiger partial charge in [0, 0.05) is 29.0 Å². The first-order valence-electron chi connectivity index (χ1n) is 11.1. The van der Waals surface area contributed by atoms with Gasteiger partial charge in [-0.1, -0.05) is 6.07 Å². The van der Waals surface area contributed by atoms with Crippen LogP contribution in [-0.2, 0) is 0 Å². The normalized spacial score (nSPS) is 17.6. The highest BCUT2D eigenvalue weighted by molar-refractivity contribution is 7.80. The van der Waals surface area contributed by atoms with Crippen LogP contribution in [0.4, 0.5) is 10.1 Å². The minimum atomic E-state index is -0.239. The van der Waals surface area contributed by atoms with Gasteiger partial charge >= 0.3 is 0 Å². The van der Waals surface area contributed by atoms with Gasteiger partial charge in [-0.2, -0.15) is 0 Å². The Hall–Kier alpha value is -3.71. The van der Waals surface area contributed by atoms with Gasteiger partial charge in [0.15, 0.2) is 5.11 Å². The molecule has 1 aliphatic rings. The number of thiocarbonyl (C=S) groups is 1. The van der Waals surface area contributed by atoms with E-state index in [-0.39, 0.29) is 17.9 Å². The number of aromatic nitrogens is 2. The summed E-state index contributed by atoms with van der Waals surface area (Å²) in [6.07, 6.45) is 1.79. The molecule has 0 unspecified atom stereocenters. The van der Waals surface area contributed by atoms with Crippen molar-refractivity contribution in [2.45, 2.75) is 25.9 Å². The maximum Gasteiger partial charge on any atom is 0.174 e. The number of hydrogen-bond donors (Lipinski definition) is 1. The molecular formula is C27H25FN4OS. The van der Waals surface area contributed by atoms with Crippen molar-refractivity contribution in [3.05, 3.63) is 107 Å². The highest BCUT2D eigenvalue weighted by Crippen LogP contribution is 2.43. The molecule has 2 aromatic heterocycles. The second-order valence-corrected chi connectivity index (χ2v) is 8.75. The molecule has 1 fully saturated rings. The smallest absolute Gasteiger partial charge is 0.174 e. The number of ether oxygens (including phenoxy) is 1. The number of benzene rings is 2. The van der Waals surface area contributed by atoms with Crippen LogP contribution in [0.3, 0.4) is 0 Å². The summed E-state index contributed by atoms with van der Waals surface area (Å²) in [6, 6.07) is 22.8. The maximum atomic E-state index is 14.1. The van der Waals surface area contributed by atoms with Gasteiger partial charge in [-0.05, 0) is 98.4 Å². The average Bonchev–Trinajstić information content (AvgIpc) is 3.40. The van der Waals surface area contributed by atoms with Crippen LogP contribution in [0.25, 0.3) is 5.69 Å². The van der Waals surface area contributed by atoms with Gasteiger partial charge in [0.2, 0.25) is 0 Å². The Morgan fingerprint density at radius 1 is 0.971 bits per heavy atom. The van der Waals surface area contributed by atoms with Gasteiger partial charge in [-0.3, -0.25) is 4.98 Å². The Morgan fingerprint density at radius 3 is 2.41 bits per heavy atom. The van der Waals surface area contributed by atoms with Gasteiger partial charge < -0.3 is 19.5 Å². The SMILES string of the molecule is COc1ccc(-n2c(C)ccc2[C@H]2[C@H](c3ccccn3)NC(=S)N2c2ccc(F)c(C)c2)cc1. The van der Waals surface area contributed by atoms with Crippen LogP contribution >= 0.6 is 12.2 Å². The van der Waals surface area contributed by atoms with Gasteiger partial charge in [0.1, 0.15) is 17.6 Å². The lowest BCUT2D eigenvalue weighted by molar-refractivity contribution is 0.414. The molecule has 1 saturated heterocycles. The van der Waals surface area contributed by atoms with Crippen LogP contribution in [0, 0.1) is 19.7 Å². The molecule has 1 N–H and O–H groups in total. The molecule has 2 aromatic carbocycles. The molecule has 34 heavy (non-hydrogen) atoms. The van der Waals surface area contributed by atoms with Gasteiger partial charge in [-0.15, -0.1) is 0 Å². The molecule has 172 valence electrons. The first-order valence-corrected chi connectivity index (χ1v) is 11.5. The molecular weight excluding hydrogens is 447 g/mol. The van der Waals surface area contributed by atoms with Gasteiger partial charge in [-0.25, -0.2) is 4.39 Å². The average molecular weight is 473 g/mol. The molecule has 0 amide bonds. The van der Waals surface area contributed by atoms with Crippen LogP contribution in [-0.4, -0.2) is 21.8 Å². The Morgan fingerprint density at radius 2 is 1.74 bits per heavy atom. The van der Waals surface area contributed by atoms with Crippen molar-refractivity contribution in [3.8, 4) is 11.4 Å². The summed E-state index contributed by atoms with van der Waals surface area (Å²) in [4.78, 5) is 6.69. The highest BCUT2D eigenvalue weighted by atomic mass is 32.1. The van der Waals surface area contributed by atoms with Gasteiger partial charge in [0.05, 0.1) is 18.8 Å². The zero-order valence-electron chi connectivity index (χ0n) is 19.2. The number of anilines is 1. The van der Waals surface area contributed by atoms with E-state index >= 15 is 0 Å². The molecule has 4 aromatic rings. The van der Waals surface area contributed by atoms with Crippen molar-refractivity contribution in [3.63, 3.8) is 0 Å². The summed E-state index contributed by atoms with van der Waals surface area (Å²) >= 11 is 5.82. The predicted molar refractivity (Wildman–Crippen MR) is 136 cm³/mol. The van der Waals surface area contributed by atoms with E-state index in [2.05, 4.69) is 38.8 Å². The lowest BCUT2D eigenvalue weighted by atomic mass is 10.0. The molecule has 0 aliphatic carbocycles. The zero-order chi connectivity index (χ0) is 23.8. The molecule has 2 atom stereocenters. The first-order chi connectivity index (χ1) is 16.5. The minimum absolute atomic E-state index is 0.189. The summed E-state index contributed by atoms with van der Waals surface area (Å²) < 4.78 is 21.7. The second kappa shape index (κ2) is 8.91. The standard InChI is InChI=1S/C27H25FN4OS/c1-17-16-20(10-13-22(17)28)32-26(25(30-27(32)34)23-6-4-5-15-29-23)24-14-7-18(2)31(24)19-8-11-21(33-3)12-9-19/h4-16,25-26H,1-3H3,(H,30,34)/t25-,26-/m0/s1.